The van der Waals surface area contributed by atoms with E-state index in [9.17, 15) is 0 Å². The predicted molar refractivity (Wildman–Crippen MR) is 68.2 cm³/mol. The van der Waals surface area contributed by atoms with Crippen molar-refractivity contribution in [3.05, 3.63) is 11.1 Å². The third-order valence-electron chi connectivity index (χ3n) is 6.01. The second-order valence-electron chi connectivity index (χ2n) is 6.74. The van der Waals surface area contributed by atoms with Crippen LogP contribution in [0.5, 0.6) is 0 Å². The molecule has 0 saturated carbocycles. The van der Waals surface area contributed by atoms with Gasteiger partial charge in [0.15, 0.2) is 0 Å². The summed E-state index contributed by atoms with van der Waals surface area (Å²) in [5.74, 6) is 0.974. The van der Waals surface area contributed by atoms with Crippen LogP contribution in [0.25, 0.3) is 0 Å². The molecule has 0 amide bonds. The molecule has 3 atom stereocenters. The van der Waals surface area contributed by atoms with Crippen LogP contribution < -0.4 is 24.0 Å². The molecule has 2 heteroatoms. The minimum absolute atomic E-state index is 0. The molecule has 0 aromatic carbocycles. The topological polar surface area (TPSA) is 0 Å². The van der Waals surface area contributed by atoms with E-state index in [0.717, 1.165) is 5.92 Å². The zero-order chi connectivity index (χ0) is 11.4. The quantitative estimate of drug-likeness (QED) is 0.368. The van der Waals surface area contributed by atoms with Gasteiger partial charge in [0.1, 0.15) is 5.54 Å². The Labute approximate surface area is 123 Å². The third kappa shape index (κ3) is 1.81. The number of hydrogen-bond donors (Lipinski definition) is 0. The van der Waals surface area contributed by atoms with Crippen molar-refractivity contribution in [1.82, 2.24) is 0 Å². The van der Waals surface area contributed by atoms with Crippen molar-refractivity contribution in [3.8, 4) is 0 Å². The maximum Gasteiger partial charge on any atom is 0.118 e. The minimum Gasteiger partial charge on any atom is -1.00 e. The van der Waals surface area contributed by atoms with E-state index in [2.05, 4.69) is 20.9 Å². The van der Waals surface area contributed by atoms with Crippen LogP contribution >= 0.6 is 0 Å². The summed E-state index contributed by atoms with van der Waals surface area (Å²) in [6, 6.07) is 0. The van der Waals surface area contributed by atoms with Gasteiger partial charge in [-0.2, -0.15) is 0 Å². The highest BCUT2D eigenvalue weighted by Gasteiger charge is 2.57. The van der Waals surface area contributed by atoms with Gasteiger partial charge in [-0.25, -0.2) is 0 Å². The van der Waals surface area contributed by atoms with E-state index < -0.39 is 0 Å². The Kier molecular flexibility index (Phi) is 3.68. The Morgan fingerprint density at radius 2 is 2.06 bits per heavy atom. The molecule has 3 unspecified atom stereocenters. The van der Waals surface area contributed by atoms with Gasteiger partial charge in [-0.05, 0) is 38.2 Å². The molecule has 1 nitrogen and oxygen atoms in total. The molecule has 0 spiro atoms. The first-order chi connectivity index (χ1) is 7.59. The van der Waals surface area contributed by atoms with Crippen molar-refractivity contribution in [2.75, 3.05) is 20.1 Å². The van der Waals surface area contributed by atoms with Gasteiger partial charge in [-0.15, -0.1) is 0 Å². The van der Waals surface area contributed by atoms with Crippen LogP contribution in [0, 0.1) is 5.92 Å². The molecule has 1 fully saturated rings. The molecule has 2 heterocycles. The average molecular weight is 347 g/mol. The lowest BCUT2D eigenvalue weighted by Crippen LogP contribution is -3.00. The van der Waals surface area contributed by atoms with Crippen molar-refractivity contribution >= 4 is 0 Å². The average Bonchev–Trinajstić information content (AvgIpc) is 2.81. The molecule has 98 valence electrons. The van der Waals surface area contributed by atoms with Gasteiger partial charge >= 0.3 is 0 Å². The van der Waals surface area contributed by atoms with E-state index in [1.165, 1.54) is 56.1 Å². The standard InChI is InChI=1S/C15H26N.HI/c1-4-12-10-15(2)14-7-5-6-13(14)8-9-16(15,3)11-12;/h12H,4-11H2,1-3H3;1H/q+1;/p-1. The van der Waals surface area contributed by atoms with Gasteiger partial charge < -0.3 is 28.5 Å². The Bertz CT molecular complexity index is 349. The van der Waals surface area contributed by atoms with Gasteiger partial charge in [0.25, 0.3) is 0 Å². The summed E-state index contributed by atoms with van der Waals surface area (Å²) in [4.78, 5) is 0. The summed E-state index contributed by atoms with van der Waals surface area (Å²) in [5, 5.41) is 0. The fourth-order valence-electron chi connectivity index (χ4n) is 4.79. The fraction of sp³-hybridized carbons (Fsp3) is 0.867. The Hall–Kier alpha value is 0.430. The van der Waals surface area contributed by atoms with E-state index in [-0.39, 0.29) is 24.0 Å². The summed E-state index contributed by atoms with van der Waals surface area (Å²) < 4.78 is 1.35. The molecule has 3 rings (SSSR count). The van der Waals surface area contributed by atoms with Crippen molar-refractivity contribution in [3.63, 3.8) is 0 Å². The van der Waals surface area contributed by atoms with Crippen LogP contribution in [0.2, 0.25) is 0 Å². The molecule has 1 aliphatic carbocycles. The Morgan fingerprint density at radius 1 is 1.29 bits per heavy atom. The summed E-state index contributed by atoms with van der Waals surface area (Å²) in [7, 11) is 2.53. The number of fused-ring (bicyclic) bond motifs is 2. The zero-order valence-corrected chi connectivity index (χ0v) is 13.7. The molecule has 1 saturated heterocycles. The number of hydrogen-bond acceptors (Lipinski definition) is 0. The highest BCUT2D eigenvalue weighted by atomic mass is 127. The van der Waals surface area contributed by atoms with Crippen LogP contribution in [0.1, 0.15) is 52.4 Å². The molecule has 17 heavy (non-hydrogen) atoms. The molecule has 3 aliphatic rings. The van der Waals surface area contributed by atoms with Crippen molar-refractivity contribution in [2.24, 2.45) is 5.92 Å². The van der Waals surface area contributed by atoms with Crippen LogP contribution in [0.4, 0.5) is 0 Å². The smallest absolute Gasteiger partial charge is 0.118 e. The summed E-state index contributed by atoms with van der Waals surface area (Å²) in [6.07, 6.45) is 8.51. The first-order valence-corrected chi connectivity index (χ1v) is 7.15. The van der Waals surface area contributed by atoms with Gasteiger partial charge in [-0.1, -0.05) is 12.5 Å². The van der Waals surface area contributed by atoms with Gasteiger partial charge in [0, 0.05) is 18.8 Å². The number of halogens is 1. The van der Waals surface area contributed by atoms with E-state index in [0.29, 0.717) is 5.54 Å². The van der Waals surface area contributed by atoms with E-state index in [1.807, 2.05) is 11.1 Å². The van der Waals surface area contributed by atoms with Crippen LogP contribution in [-0.4, -0.2) is 30.2 Å². The highest BCUT2D eigenvalue weighted by molar-refractivity contribution is 5.31. The highest BCUT2D eigenvalue weighted by Crippen LogP contribution is 2.52. The molecule has 2 aliphatic heterocycles. The summed E-state index contributed by atoms with van der Waals surface area (Å²) >= 11 is 0. The predicted octanol–water partition coefficient (Wildman–Crippen LogP) is 0.510. The minimum atomic E-state index is 0. The molecule has 0 aromatic heterocycles. The maximum atomic E-state index is 2.57. The molecule has 0 aromatic rings. The van der Waals surface area contributed by atoms with E-state index >= 15 is 0 Å². The third-order valence-corrected chi connectivity index (χ3v) is 6.01. The van der Waals surface area contributed by atoms with Crippen molar-refractivity contribution < 1.29 is 28.5 Å². The molecule has 0 N–H and O–H groups in total. The second-order valence-corrected chi connectivity index (χ2v) is 6.74. The van der Waals surface area contributed by atoms with E-state index in [4.69, 9.17) is 0 Å². The lowest BCUT2D eigenvalue weighted by atomic mass is 9.79. The summed E-state index contributed by atoms with van der Waals surface area (Å²) in [6.45, 7) is 7.79. The SMILES string of the molecule is CCC1CC2(C)C3=C(CCC3)CC[N+]2(C)C1.[I-]. The normalized spacial score (nSPS) is 44.3. The van der Waals surface area contributed by atoms with Gasteiger partial charge in [0.05, 0.1) is 20.1 Å². The lowest BCUT2D eigenvalue weighted by Gasteiger charge is -2.48. The van der Waals surface area contributed by atoms with Crippen LogP contribution in [0.15, 0.2) is 11.1 Å². The van der Waals surface area contributed by atoms with Gasteiger partial charge in [0.2, 0.25) is 0 Å². The first kappa shape index (κ1) is 13.9. The van der Waals surface area contributed by atoms with Crippen LogP contribution in [-0.2, 0) is 0 Å². The monoisotopic (exact) mass is 347 g/mol. The number of rotatable bonds is 1. The van der Waals surface area contributed by atoms with E-state index in [1.54, 1.807) is 0 Å². The molecular weight excluding hydrogens is 321 g/mol. The zero-order valence-electron chi connectivity index (χ0n) is 11.6. The number of quaternary nitrogens is 1. The lowest BCUT2D eigenvalue weighted by molar-refractivity contribution is -0.941. The Morgan fingerprint density at radius 3 is 2.76 bits per heavy atom. The molecular formula is C15H26IN. The maximum absolute atomic E-state index is 2.57. The Balaban J connectivity index is 0.00000108. The van der Waals surface area contributed by atoms with Crippen molar-refractivity contribution in [2.45, 2.75) is 57.9 Å². The van der Waals surface area contributed by atoms with Crippen molar-refractivity contribution in [1.29, 1.82) is 0 Å². The second kappa shape index (κ2) is 4.52. The number of likely N-dealkylation sites (N-methyl/N-ethyl adjacent to an activating group) is 1. The van der Waals surface area contributed by atoms with Crippen LogP contribution in [0.3, 0.4) is 0 Å². The first-order valence-electron chi connectivity index (χ1n) is 7.15. The molecule has 0 radical (unpaired) electrons. The largest absolute Gasteiger partial charge is 1.00 e. The number of nitrogens with zero attached hydrogens (tertiary/aromatic N) is 1. The summed E-state index contributed by atoms with van der Waals surface area (Å²) in [5.41, 5.74) is 4.26. The fourth-order valence-corrected chi connectivity index (χ4v) is 4.79. The molecule has 0 bridgehead atoms. The van der Waals surface area contributed by atoms with Gasteiger partial charge in [-0.3, -0.25) is 0 Å².